The van der Waals surface area contributed by atoms with E-state index in [4.69, 9.17) is 18.6 Å². The van der Waals surface area contributed by atoms with Crippen molar-refractivity contribution in [3.05, 3.63) is 64.5 Å². The van der Waals surface area contributed by atoms with Gasteiger partial charge in [-0.25, -0.2) is 14.4 Å². The molecule has 10 nitrogen and oxygen atoms in total. The standard InChI is InChI=1S/C27H27NO9/c1-27(2,3)37-26(32)28-13-5-6-20(28)25(31)36-18-11-12-19-21(14-18)34-15-22(23(19)29)35-17-9-7-16(8-10-17)24(30)33-4/h7-12,14-15,20H,5-6,13H2,1-4H3. The van der Waals surface area contributed by atoms with Crippen molar-refractivity contribution >= 4 is 29.0 Å². The first-order valence-corrected chi connectivity index (χ1v) is 11.7. The van der Waals surface area contributed by atoms with Gasteiger partial charge in [-0.3, -0.25) is 9.69 Å². The number of benzene rings is 2. The van der Waals surface area contributed by atoms with Gasteiger partial charge in [0.25, 0.3) is 0 Å². The Morgan fingerprint density at radius 2 is 1.73 bits per heavy atom. The topological polar surface area (TPSA) is 122 Å². The molecule has 1 amide bonds. The Morgan fingerprint density at radius 1 is 1.03 bits per heavy atom. The van der Waals surface area contributed by atoms with Crippen LogP contribution in [0.25, 0.3) is 11.0 Å². The van der Waals surface area contributed by atoms with Crippen LogP contribution in [0.5, 0.6) is 17.2 Å². The Kier molecular flexibility index (Phi) is 7.19. The number of ether oxygens (including phenoxy) is 4. The minimum atomic E-state index is -0.765. The first kappa shape index (κ1) is 25.7. The van der Waals surface area contributed by atoms with E-state index >= 15 is 0 Å². The first-order valence-electron chi connectivity index (χ1n) is 11.7. The Labute approximate surface area is 212 Å². The molecular weight excluding hydrogens is 482 g/mol. The van der Waals surface area contributed by atoms with Crippen molar-refractivity contribution in [3.8, 4) is 17.2 Å². The normalized spacial score (nSPS) is 15.4. The van der Waals surface area contributed by atoms with Crippen LogP contribution in [0, 0.1) is 0 Å². The molecule has 0 N–H and O–H groups in total. The summed E-state index contributed by atoms with van der Waals surface area (Å²) in [4.78, 5) is 51.1. The number of carbonyl (C=O) groups excluding carboxylic acids is 3. The zero-order chi connectivity index (χ0) is 26.7. The van der Waals surface area contributed by atoms with E-state index in [9.17, 15) is 19.2 Å². The maximum atomic E-state index is 12.9. The van der Waals surface area contributed by atoms with Crippen LogP contribution in [0.2, 0.25) is 0 Å². The van der Waals surface area contributed by atoms with Crippen LogP contribution < -0.4 is 14.9 Å². The van der Waals surface area contributed by atoms with E-state index in [2.05, 4.69) is 4.74 Å². The summed E-state index contributed by atoms with van der Waals surface area (Å²) in [6.07, 6.45) is 1.71. The van der Waals surface area contributed by atoms with Gasteiger partial charge in [-0.1, -0.05) is 0 Å². The number of rotatable bonds is 5. The van der Waals surface area contributed by atoms with Crippen molar-refractivity contribution < 1.29 is 37.7 Å². The molecule has 1 unspecified atom stereocenters. The van der Waals surface area contributed by atoms with Crippen LogP contribution in [0.4, 0.5) is 4.79 Å². The predicted octanol–water partition coefficient (Wildman–Crippen LogP) is 4.68. The fourth-order valence-electron chi connectivity index (χ4n) is 3.86. The molecule has 0 radical (unpaired) electrons. The molecular formula is C27H27NO9. The molecule has 194 valence electrons. The third kappa shape index (κ3) is 5.91. The highest BCUT2D eigenvalue weighted by Gasteiger charge is 2.38. The van der Waals surface area contributed by atoms with E-state index in [0.29, 0.717) is 30.7 Å². The largest absolute Gasteiger partial charge is 0.465 e. The molecule has 4 rings (SSSR count). The van der Waals surface area contributed by atoms with E-state index < -0.39 is 35.1 Å². The van der Waals surface area contributed by atoms with Crippen LogP contribution >= 0.6 is 0 Å². The van der Waals surface area contributed by atoms with Gasteiger partial charge in [-0.2, -0.15) is 0 Å². The molecule has 1 fully saturated rings. The second kappa shape index (κ2) is 10.3. The third-order valence-electron chi connectivity index (χ3n) is 5.59. The van der Waals surface area contributed by atoms with Crippen molar-refractivity contribution in [2.75, 3.05) is 13.7 Å². The molecule has 1 aromatic heterocycles. The number of methoxy groups -OCH3 is 1. The van der Waals surface area contributed by atoms with Gasteiger partial charge in [-0.15, -0.1) is 0 Å². The molecule has 0 saturated carbocycles. The number of fused-ring (bicyclic) bond motifs is 1. The average molecular weight is 510 g/mol. The first-order chi connectivity index (χ1) is 17.6. The summed E-state index contributed by atoms with van der Waals surface area (Å²) in [5.41, 5.74) is -0.574. The zero-order valence-electron chi connectivity index (χ0n) is 20.9. The number of likely N-dealkylation sites (tertiary alicyclic amines) is 1. The van der Waals surface area contributed by atoms with Crippen molar-refractivity contribution in [3.63, 3.8) is 0 Å². The Hall–Kier alpha value is -4.34. The monoisotopic (exact) mass is 509 g/mol. The molecule has 10 heteroatoms. The van der Waals surface area contributed by atoms with Crippen molar-refractivity contribution in [2.24, 2.45) is 0 Å². The van der Waals surface area contributed by atoms with E-state index in [1.54, 1.807) is 20.8 Å². The lowest BCUT2D eigenvalue weighted by Gasteiger charge is -2.27. The summed E-state index contributed by atoms with van der Waals surface area (Å²) in [5, 5.41) is 0.222. The van der Waals surface area contributed by atoms with Crippen LogP contribution in [-0.2, 0) is 14.3 Å². The SMILES string of the molecule is COC(=O)c1ccc(Oc2coc3cc(OC(=O)C4CCCN4C(=O)OC(C)(C)C)ccc3c2=O)cc1. The Morgan fingerprint density at radius 3 is 2.41 bits per heavy atom. The molecule has 37 heavy (non-hydrogen) atoms. The van der Waals surface area contributed by atoms with Crippen molar-refractivity contribution in [1.82, 2.24) is 4.90 Å². The van der Waals surface area contributed by atoms with Gasteiger partial charge in [-0.05, 0) is 70.0 Å². The summed E-state index contributed by atoms with van der Waals surface area (Å²) in [6.45, 7) is 5.67. The fraction of sp³-hybridized carbons (Fsp3) is 0.333. The molecule has 2 aromatic carbocycles. The van der Waals surface area contributed by atoms with Gasteiger partial charge in [0.05, 0.1) is 18.1 Å². The van der Waals surface area contributed by atoms with Gasteiger partial charge in [0, 0.05) is 12.6 Å². The minimum absolute atomic E-state index is 0.0537. The van der Waals surface area contributed by atoms with Gasteiger partial charge < -0.3 is 23.4 Å². The second-order valence-corrected chi connectivity index (χ2v) is 9.46. The molecule has 0 bridgehead atoms. The molecule has 0 aliphatic carbocycles. The van der Waals surface area contributed by atoms with Crippen LogP contribution in [-0.4, -0.2) is 48.2 Å². The highest BCUT2D eigenvalue weighted by molar-refractivity contribution is 5.89. The molecule has 0 spiro atoms. The Balaban J connectivity index is 1.47. The van der Waals surface area contributed by atoms with Gasteiger partial charge in [0.15, 0.2) is 0 Å². The zero-order valence-corrected chi connectivity index (χ0v) is 20.9. The number of hydrogen-bond acceptors (Lipinski definition) is 9. The minimum Gasteiger partial charge on any atom is -0.465 e. The maximum Gasteiger partial charge on any atom is 0.411 e. The average Bonchev–Trinajstić information content (AvgIpc) is 3.35. The summed E-state index contributed by atoms with van der Waals surface area (Å²) >= 11 is 0. The quantitative estimate of drug-likeness (QED) is 0.356. The van der Waals surface area contributed by atoms with Crippen LogP contribution in [0.15, 0.2) is 57.9 Å². The summed E-state index contributed by atoms with van der Waals surface area (Å²) < 4.78 is 26.7. The summed E-state index contributed by atoms with van der Waals surface area (Å²) in [7, 11) is 1.28. The number of esters is 2. The number of nitrogens with zero attached hydrogens (tertiary/aromatic N) is 1. The number of amides is 1. The summed E-state index contributed by atoms with van der Waals surface area (Å²) in [5.74, 6) is -0.638. The van der Waals surface area contributed by atoms with Crippen molar-refractivity contribution in [2.45, 2.75) is 45.3 Å². The smallest absolute Gasteiger partial charge is 0.411 e. The van der Waals surface area contributed by atoms with E-state index in [1.807, 2.05) is 0 Å². The highest BCUT2D eigenvalue weighted by Crippen LogP contribution is 2.27. The van der Waals surface area contributed by atoms with Gasteiger partial charge >= 0.3 is 18.0 Å². The maximum absolute atomic E-state index is 12.9. The Bertz CT molecular complexity index is 1390. The highest BCUT2D eigenvalue weighted by atomic mass is 16.6. The van der Waals surface area contributed by atoms with Crippen LogP contribution in [0.1, 0.15) is 44.0 Å². The number of carbonyl (C=O) groups is 3. The van der Waals surface area contributed by atoms with E-state index in [0.717, 1.165) is 6.26 Å². The third-order valence-corrected chi connectivity index (χ3v) is 5.59. The molecule has 1 atom stereocenters. The lowest BCUT2D eigenvalue weighted by Crippen LogP contribution is -2.44. The molecule has 1 saturated heterocycles. The molecule has 1 aliphatic heterocycles. The van der Waals surface area contributed by atoms with E-state index in [1.165, 1.54) is 54.5 Å². The van der Waals surface area contributed by atoms with Gasteiger partial charge in [0.2, 0.25) is 11.2 Å². The number of hydrogen-bond donors (Lipinski definition) is 0. The molecule has 2 heterocycles. The summed E-state index contributed by atoms with van der Waals surface area (Å²) in [6, 6.07) is 9.69. The van der Waals surface area contributed by atoms with Crippen LogP contribution in [0.3, 0.4) is 0 Å². The van der Waals surface area contributed by atoms with Gasteiger partial charge in [0.1, 0.15) is 35.0 Å². The lowest BCUT2D eigenvalue weighted by atomic mass is 10.2. The second-order valence-electron chi connectivity index (χ2n) is 9.46. The van der Waals surface area contributed by atoms with E-state index in [-0.39, 0.29) is 22.5 Å². The fourth-order valence-corrected chi connectivity index (χ4v) is 3.86. The molecule has 3 aromatic rings. The molecule has 1 aliphatic rings. The lowest BCUT2D eigenvalue weighted by molar-refractivity contribution is -0.139. The predicted molar refractivity (Wildman–Crippen MR) is 132 cm³/mol. The van der Waals surface area contributed by atoms with Crippen molar-refractivity contribution in [1.29, 1.82) is 0 Å².